The van der Waals surface area contributed by atoms with Crippen LogP contribution in [0.1, 0.15) is 0 Å². The Bertz CT molecular complexity index is 737. The Kier molecular flexibility index (Phi) is 2.79. The SMILES string of the molecule is Nc1c(Br)cc(Br)cc1-c1nnc2ncccn12. The zero-order valence-electron chi connectivity index (χ0n) is 9.01. The Hall–Kier alpha value is -1.47. The summed E-state index contributed by atoms with van der Waals surface area (Å²) < 4.78 is 3.52. The third-order valence-corrected chi connectivity index (χ3v) is 3.64. The van der Waals surface area contributed by atoms with E-state index in [1.54, 1.807) is 10.6 Å². The van der Waals surface area contributed by atoms with Crippen LogP contribution in [0.3, 0.4) is 0 Å². The van der Waals surface area contributed by atoms with E-state index in [-0.39, 0.29) is 0 Å². The van der Waals surface area contributed by atoms with Crippen molar-refractivity contribution < 1.29 is 0 Å². The molecular formula is C11H7Br2N5. The number of hydrogen-bond acceptors (Lipinski definition) is 4. The van der Waals surface area contributed by atoms with Crippen LogP contribution in [0, 0.1) is 0 Å². The molecule has 1 aromatic carbocycles. The van der Waals surface area contributed by atoms with E-state index in [0.29, 0.717) is 17.3 Å². The van der Waals surface area contributed by atoms with Gasteiger partial charge in [0.15, 0.2) is 5.82 Å². The van der Waals surface area contributed by atoms with Crippen molar-refractivity contribution in [1.82, 2.24) is 19.6 Å². The van der Waals surface area contributed by atoms with Crippen molar-refractivity contribution in [3.8, 4) is 11.4 Å². The number of aromatic nitrogens is 4. The standard InChI is InChI=1S/C11H7Br2N5/c12-6-4-7(9(14)8(13)5-6)10-16-17-11-15-2-1-3-18(10)11/h1-5H,14H2. The Morgan fingerprint density at radius 1 is 1.17 bits per heavy atom. The molecule has 0 atom stereocenters. The van der Waals surface area contributed by atoms with Crippen LogP contribution in [-0.2, 0) is 0 Å². The molecule has 0 fully saturated rings. The number of rotatable bonds is 1. The summed E-state index contributed by atoms with van der Waals surface area (Å²) in [7, 11) is 0. The van der Waals surface area contributed by atoms with Crippen molar-refractivity contribution in [1.29, 1.82) is 0 Å². The van der Waals surface area contributed by atoms with Crippen LogP contribution in [0.5, 0.6) is 0 Å². The summed E-state index contributed by atoms with van der Waals surface area (Å²) in [5, 5.41) is 8.15. The quantitative estimate of drug-likeness (QED) is 0.670. The smallest absolute Gasteiger partial charge is 0.255 e. The molecule has 2 aromatic heterocycles. The molecule has 0 radical (unpaired) electrons. The van der Waals surface area contributed by atoms with Gasteiger partial charge in [0.05, 0.1) is 5.69 Å². The lowest BCUT2D eigenvalue weighted by Crippen LogP contribution is -1.96. The summed E-state index contributed by atoms with van der Waals surface area (Å²) in [4.78, 5) is 4.13. The second kappa shape index (κ2) is 4.33. The molecule has 0 spiro atoms. The van der Waals surface area contributed by atoms with Crippen LogP contribution >= 0.6 is 31.9 Å². The Labute approximate surface area is 119 Å². The van der Waals surface area contributed by atoms with E-state index >= 15 is 0 Å². The molecule has 0 aliphatic rings. The van der Waals surface area contributed by atoms with E-state index in [9.17, 15) is 0 Å². The summed E-state index contributed by atoms with van der Waals surface area (Å²) in [6, 6.07) is 5.62. The van der Waals surface area contributed by atoms with Gasteiger partial charge in [0.2, 0.25) is 0 Å². The monoisotopic (exact) mass is 367 g/mol. The summed E-state index contributed by atoms with van der Waals surface area (Å²) >= 11 is 6.86. The maximum Gasteiger partial charge on any atom is 0.255 e. The molecule has 0 aliphatic heterocycles. The number of nitrogens with zero attached hydrogens (tertiary/aromatic N) is 4. The second-order valence-electron chi connectivity index (χ2n) is 3.66. The van der Waals surface area contributed by atoms with Crippen molar-refractivity contribution in [2.45, 2.75) is 0 Å². The first kappa shape index (κ1) is 11.6. The van der Waals surface area contributed by atoms with Crippen molar-refractivity contribution >= 4 is 43.3 Å². The van der Waals surface area contributed by atoms with Crippen LogP contribution in [-0.4, -0.2) is 19.6 Å². The number of anilines is 1. The number of hydrogen-bond donors (Lipinski definition) is 1. The maximum absolute atomic E-state index is 6.06. The highest BCUT2D eigenvalue weighted by Crippen LogP contribution is 2.34. The molecule has 0 amide bonds. The maximum atomic E-state index is 6.06. The van der Waals surface area contributed by atoms with E-state index in [2.05, 4.69) is 47.0 Å². The highest BCUT2D eigenvalue weighted by molar-refractivity contribution is 9.11. The van der Waals surface area contributed by atoms with Gasteiger partial charge in [0.1, 0.15) is 0 Å². The molecule has 2 N–H and O–H groups in total. The predicted octanol–water partition coefficient (Wildman–Crippen LogP) is 2.90. The molecule has 0 bridgehead atoms. The van der Waals surface area contributed by atoms with Gasteiger partial charge < -0.3 is 5.73 Å². The highest BCUT2D eigenvalue weighted by Gasteiger charge is 2.14. The number of nitrogen functional groups attached to an aromatic ring is 1. The highest BCUT2D eigenvalue weighted by atomic mass is 79.9. The first-order valence-electron chi connectivity index (χ1n) is 5.07. The molecule has 0 saturated heterocycles. The number of benzene rings is 1. The lowest BCUT2D eigenvalue weighted by Gasteiger charge is -2.06. The Balaban J connectivity index is 2.33. The molecular weight excluding hydrogens is 362 g/mol. The van der Waals surface area contributed by atoms with Crippen molar-refractivity contribution in [2.75, 3.05) is 5.73 Å². The number of halogens is 2. The normalized spacial score (nSPS) is 11.0. The average Bonchev–Trinajstić information content (AvgIpc) is 2.77. The van der Waals surface area contributed by atoms with Crippen molar-refractivity contribution in [2.24, 2.45) is 0 Å². The first-order valence-corrected chi connectivity index (χ1v) is 6.66. The fourth-order valence-corrected chi connectivity index (χ4v) is 2.92. The molecule has 2 heterocycles. The molecule has 3 aromatic rings. The van der Waals surface area contributed by atoms with Gasteiger partial charge >= 0.3 is 0 Å². The van der Waals surface area contributed by atoms with Gasteiger partial charge in [-0.25, -0.2) is 4.98 Å². The Morgan fingerprint density at radius 2 is 2.00 bits per heavy atom. The van der Waals surface area contributed by atoms with E-state index in [1.807, 2.05) is 24.4 Å². The molecule has 0 unspecified atom stereocenters. The molecule has 90 valence electrons. The van der Waals surface area contributed by atoms with Crippen LogP contribution in [0.25, 0.3) is 17.2 Å². The largest absolute Gasteiger partial charge is 0.397 e. The van der Waals surface area contributed by atoms with Crippen LogP contribution in [0.15, 0.2) is 39.5 Å². The van der Waals surface area contributed by atoms with Crippen LogP contribution < -0.4 is 5.73 Å². The van der Waals surface area contributed by atoms with E-state index < -0.39 is 0 Å². The van der Waals surface area contributed by atoms with Crippen molar-refractivity contribution in [3.63, 3.8) is 0 Å². The van der Waals surface area contributed by atoms with Gasteiger partial charge in [-0.15, -0.1) is 10.2 Å². The summed E-state index contributed by atoms with van der Waals surface area (Å²) in [6.07, 6.45) is 3.53. The van der Waals surface area contributed by atoms with E-state index in [0.717, 1.165) is 14.5 Å². The van der Waals surface area contributed by atoms with Gasteiger partial charge in [-0.1, -0.05) is 15.9 Å². The van der Waals surface area contributed by atoms with Gasteiger partial charge in [0.25, 0.3) is 5.78 Å². The van der Waals surface area contributed by atoms with Gasteiger partial charge in [-0.2, -0.15) is 0 Å². The molecule has 18 heavy (non-hydrogen) atoms. The van der Waals surface area contributed by atoms with Gasteiger partial charge in [-0.05, 0) is 34.1 Å². The minimum Gasteiger partial charge on any atom is -0.397 e. The van der Waals surface area contributed by atoms with E-state index in [4.69, 9.17) is 5.73 Å². The predicted molar refractivity (Wildman–Crippen MR) is 76.0 cm³/mol. The summed E-state index contributed by atoms with van der Waals surface area (Å²) in [5.74, 6) is 1.21. The number of fused-ring (bicyclic) bond motifs is 1. The molecule has 0 saturated carbocycles. The second-order valence-corrected chi connectivity index (χ2v) is 5.43. The minimum atomic E-state index is 0.544. The lowest BCUT2D eigenvalue weighted by atomic mass is 10.2. The Morgan fingerprint density at radius 3 is 2.83 bits per heavy atom. The first-order chi connectivity index (χ1) is 8.66. The third kappa shape index (κ3) is 1.79. The zero-order valence-corrected chi connectivity index (χ0v) is 12.2. The molecule has 3 rings (SSSR count). The van der Waals surface area contributed by atoms with Crippen molar-refractivity contribution in [3.05, 3.63) is 39.5 Å². The molecule has 5 nitrogen and oxygen atoms in total. The number of nitrogens with two attached hydrogens (primary N) is 1. The average molecular weight is 369 g/mol. The third-order valence-electron chi connectivity index (χ3n) is 2.52. The lowest BCUT2D eigenvalue weighted by molar-refractivity contribution is 1.10. The van der Waals surface area contributed by atoms with Crippen LogP contribution in [0.4, 0.5) is 5.69 Å². The topological polar surface area (TPSA) is 69.1 Å². The molecule has 7 heteroatoms. The van der Waals surface area contributed by atoms with Gasteiger partial charge in [0, 0.05) is 26.9 Å². The minimum absolute atomic E-state index is 0.544. The van der Waals surface area contributed by atoms with Gasteiger partial charge in [-0.3, -0.25) is 4.40 Å². The fourth-order valence-electron chi connectivity index (χ4n) is 1.70. The fraction of sp³-hybridized carbons (Fsp3) is 0. The van der Waals surface area contributed by atoms with Crippen LogP contribution in [0.2, 0.25) is 0 Å². The zero-order chi connectivity index (χ0) is 12.7. The summed E-state index contributed by atoms with van der Waals surface area (Å²) in [5.41, 5.74) is 7.49. The molecule has 0 aliphatic carbocycles. The van der Waals surface area contributed by atoms with E-state index in [1.165, 1.54) is 0 Å². The summed E-state index contributed by atoms with van der Waals surface area (Å²) in [6.45, 7) is 0.